The highest BCUT2D eigenvalue weighted by Gasteiger charge is 2.16. The molecule has 7 nitrogen and oxygen atoms in total. The quantitative estimate of drug-likeness (QED) is 0.362. The molecule has 140 valence electrons. The van der Waals surface area contributed by atoms with Gasteiger partial charge >= 0.3 is 12.1 Å². The van der Waals surface area contributed by atoms with Crippen molar-refractivity contribution in [3.63, 3.8) is 0 Å². The molecule has 0 radical (unpaired) electrons. The fraction of sp³-hybridized carbons (Fsp3) is 0.421. The van der Waals surface area contributed by atoms with Gasteiger partial charge in [-0.1, -0.05) is 0 Å². The van der Waals surface area contributed by atoms with Crippen LogP contribution in [0.4, 0.5) is 4.79 Å². The number of alkyl carbamates (subject to hydrolysis) is 1. The van der Waals surface area contributed by atoms with Gasteiger partial charge in [0.15, 0.2) is 5.78 Å². The molecule has 1 heterocycles. The fourth-order valence-electron chi connectivity index (χ4n) is 2.25. The Hall–Kier alpha value is -2.83. The number of allylic oxidation sites excluding steroid dienone is 1. The van der Waals surface area contributed by atoms with E-state index in [9.17, 15) is 14.4 Å². The summed E-state index contributed by atoms with van der Waals surface area (Å²) in [7, 11) is 0. The van der Waals surface area contributed by atoms with E-state index < -0.39 is 17.7 Å². The molecule has 0 spiro atoms. The average molecular weight is 361 g/mol. The summed E-state index contributed by atoms with van der Waals surface area (Å²) < 4.78 is 15.3. The molecular formula is C19H23NO6. The Bertz CT molecular complexity index is 717. The van der Waals surface area contributed by atoms with Crippen LogP contribution in [0, 0.1) is 0 Å². The summed E-state index contributed by atoms with van der Waals surface area (Å²) in [6, 6.07) is 5.18. The Morgan fingerprint density at radius 2 is 2.00 bits per heavy atom. The van der Waals surface area contributed by atoms with Crippen molar-refractivity contribution >= 4 is 17.8 Å². The zero-order valence-corrected chi connectivity index (χ0v) is 15.2. The molecule has 2 rings (SSSR count). The first-order valence-electron chi connectivity index (χ1n) is 8.36. The number of carbonyl (C=O) groups is 3. The normalized spacial score (nSPS) is 13.0. The average Bonchev–Trinajstić information content (AvgIpc) is 3.02. The van der Waals surface area contributed by atoms with Gasteiger partial charge in [0.1, 0.15) is 18.0 Å². The molecule has 26 heavy (non-hydrogen) atoms. The van der Waals surface area contributed by atoms with Gasteiger partial charge < -0.3 is 19.5 Å². The summed E-state index contributed by atoms with van der Waals surface area (Å²) in [5.41, 5.74) is 0.887. The molecule has 0 aromatic heterocycles. The Morgan fingerprint density at radius 1 is 1.23 bits per heavy atom. The van der Waals surface area contributed by atoms with Crippen molar-refractivity contribution in [2.75, 3.05) is 19.8 Å². The summed E-state index contributed by atoms with van der Waals surface area (Å²) in [6.45, 7) is 5.97. The predicted molar refractivity (Wildman–Crippen MR) is 94.3 cm³/mol. The smallest absolute Gasteiger partial charge is 0.407 e. The Kier molecular flexibility index (Phi) is 6.38. The van der Waals surface area contributed by atoms with Gasteiger partial charge in [-0.05, 0) is 50.6 Å². The van der Waals surface area contributed by atoms with E-state index in [2.05, 4.69) is 5.32 Å². The lowest BCUT2D eigenvalue weighted by Crippen LogP contribution is -2.34. The number of hydrogen-bond donors (Lipinski definition) is 1. The van der Waals surface area contributed by atoms with Crippen LogP contribution in [-0.2, 0) is 20.7 Å². The molecule has 1 aliphatic rings. The number of ether oxygens (including phenoxy) is 3. The van der Waals surface area contributed by atoms with E-state index in [1.165, 1.54) is 6.08 Å². The van der Waals surface area contributed by atoms with Gasteiger partial charge in [0, 0.05) is 18.1 Å². The van der Waals surface area contributed by atoms with E-state index in [1.807, 2.05) is 0 Å². The van der Waals surface area contributed by atoms with Crippen LogP contribution in [0.3, 0.4) is 0 Å². The summed E-state index contributed by atoms with van der Waals surface area (Å²) in [4.78, 5) is 35.1. The highest BCUT2D eigenvalue weighted by atomic mass is 16.6. The first kappa shape index (κ1) is 19.5. The zero-order chi connectivity index (χ0) is 19.2. The second-order valence-corrected chi connectivity index (χ2v) is 6.71. The second kappa shape index (κ2) is 8.51. The molecular weight excluding hydrogens is 338 g/mol. The predicted octanol–water partition coefficient (Wildman–Crippen LogP) is 2.43. The van der Waals surface area contributed by atoms with Crippen LogP contribution < -0.4 is 10.1 Å². The van der Waals surface area contributed by atoms with Crippen LogP contribution in [0.5, 0.6) is 5.75 Å². The molecule has 7 heteroatoms. The van der Waals surface area contributed by atoms with Crippen LogP contribution in [0.25, 0.3) is 0 Å². The number of ketones is 1. The van der Waals surface area contributed by atoms with Gasteiger partial charge in [-0.3, -0.25) is 4.79 Å². The molecule has 1 aromatic rings. The lowest BCUT2D eigenvalue weighted by Gasteiger charge is -2.19. The van der Waals surface area contributed by atoms with Crippen LogP contribution in [0.1, 0.15) is 36.7 Å². The Morgan fingerprint density at radius 3 is 2.73 bits per heavy atom. The maximum Gasteiger partial charge on any atom is 0.407 e. The monoisotopic (exact) mass is 361 g/mol. The van der Waals surface area contributed by atoms with Crippen molar-refractivity contribution in [1.29, 1.82) is 0 Å². The molecule has 0 atom stereocenters. The van der Waals surface area contributed by atoms with Crippen molar-refractivity contribution in [3.05, 3.63) is 41.5 Å². The number of nitrogens with one attached hydrogen (secondary N) is 1. The van der Waals surface area contributed by atoms with E-state index in [1.54, 1.807) is 39.0 Å². The number of esters is 1. The van der Waals surface area contributed by atoms with Crippen LogP contribution in [0.15, 0.2) is 30.4 Å². The molecule has 0 fully saturated rings. The van der Waals surface area contributed by atoms with Crippen molar-refractivity contribution in [1.82, 2.24) is 5.32 Å². The van der Waals surface area contributed by atoms with E-state index >= 15 is 0 Å². The molecule has 0 unspecified atom stereocenters. The number of carbonyl (C=O) groups excluding carboxylic acids is 3. The summed E-state index contributed by atoms with van der Waals surface area (Å²) >= 11 is 0. The van der Waals surface area contributed by atoms with Crippen LogP contribution in [-0.4, -0.2) is 43.2 Å². The molecule has 0 aliphatic carbocycles. The zero-order valence-electron chi connectivity index (χ0n) is 15.2. The molecule has 1 N–H and O–H groups in total. The van der Waals surface area contributed by atoms with Gasteiger partial charge in [0.2, 0.25) is 0 Å². The van der Waals surface area contributed by atoms with Crippen molar-refractivity contribution in [3.8, 4) is 5.75 Å². The highest BCUT2D eigenvalue weighted by molar-refractivity contribution is 6.07. The van der Waals surface area contributed by atoms with Gasteiger partial charge in [0.25, 0.3) is 0 Å². The van der Waals surface area contributed by atoms with Crippen molar-refractivity contribution in [2.45, 2.75) is 32.8 Å². The summed E-state index contributed by atoms with van der Waals surface area (Å²) in [6.07, 6.45) is 2.42. The van der Waals surface area contributed by atoms with E-state index in [-0.39, 0.29) is 18.9 Å². The van der Waals surface area contributed by atoms with E-state index in [0.29, 0.717) is 12.2 Å². The number of benzene rings is 1. The maximum atomic E-state index is 12.1. The number of rotatable bonds is 6. The first-order valence-corrected chi connectivity index (χ1v) is 8.36. The third-order valence-corrected chi connectivity index (χ3v) is 3.36. The standard InChI is InChI=1S/C19H23NO6/c1-19(2,3)26-18(23)20-9-11-25-17(22)7-5-15(21)13-4-6-16-14(12-13)8-10-24-16/h4-7,12H,8-11H2,1-3H3,(H,20,23)/b7-5+. The number of hydrogen-bond acceptors (Lipinski definition) is 6. The van der Waals surface area contributed by atoms with Gasteiger partial charge in [-0.15, -0.1) is 0 Å². The minimum atomic E-state index is -0.658. The van der Waals surface area contributed by atoms with E-state index in [4.69, 9.17) is 14.2 Å². The molecule has 0 saturated heterocycles. The Labute approximate surface area is 152 Å². The largest absolute Gasteiger partial charge is 0.493 e. The van der Waals surface area contributed by atoms with Gasteiger partial charge in [-0.2, -0.15) is 0 Å². The van der Waals surface area contributed by atoms with Crippen LogP contribution >= 0.6 is 0 Å². The third kappa shape index (κ3) is 6.23. The molecule has 1 amide bonds. The number of fused-ring (bicyclic) bond motifs is 1. The third-order valence-electron chi connectivity index (χ3n) is 3.36. The minimum absolute atomic E-state index is 0.0210. The molecule has 1 aliphatic heterocycles. The highest BCUT2D eigenvalue weighted by Crippen LogP contribution is 2.26. The van der Waals surface area contributed by atoms with Crippen LogP contribution in [0.2, 0.25) is 0 Å². The molecule has 0 bridgehead atoms. The molecule has 1 aromatic carbocycles. The molecule has 0 saturated carbocycles. The number of amides is 1. The van der Waals surface area contributed by atoms with Gasteiger partial charge in [-0.25, -0.2) is 9.59 Å². The van der Waals surface area contributed by atoms with Crippen molar-refractivity contribution < 1.29 is 28.6 Å². The SMILES string of the molecule is CC(C)(C)OC(=O)NCCOC(=O)/C=C/C(=O)c1ccc2c(c1)CCO2. The maximum absolute atomic E-state index is 12.1. The Balaban J connectivity index is 1.72. The summed E-state index contributed by atoms with van der Waals surface area (Å²) in [5, 5.41) is 2.47. The lowest BCUT2D eigenvalue weighted by atomic mass is 10.1. The van der Waals surface area contributed by atoms with Gasteiger partial charge in [0.05, 0.1) is 13.2 Å². The fourth-order valence-corrected chi connectivity index (χ4v) is 2.25. The lowest BCUT2D eigenvalue weighted by molar-refractivity contribution is -0.137. The van der Waals surface area contributed by atoms with E-state index in [0.717, 1.165) is 23.8 Å². The first-order chi connectivity index (χ1) is 12.2. The second-order valence-electron chi connectivity index (χ2n) is 6.71. The summed E-state index contributed by atoms with van der Waals surface area (Å²) in [5.74, 6) is -0.153. The van der Waals surface area contributed by atoms with Crippen molar-refractivity contribution in [2.24, 2.45) is 0 Å². The minimum Gasteiger partial charge on any atom is -0.493 e. The topological polar surface area (TPSA) is 90.9 Å².